The quantitative estimate of drug-likeness (QED) is 0.786. The van der Waals surface area contributed by atoms with Crippen LogP contribution in [0, 0.1) is 0 Å². The Bertz CT molecular complexity index is 646. The van der Waals surface area contributed by atoms with Crippen LogP contribution in [-0.4, -0.2) is 22.8 Å². The van der Waals surface area contributed by atoms with E-state index in [9.17, 15) is 4.79 Å². The largest absolute Gasteiger partial charge is 0.337 e. The molecule has 6 heteroatoms. The minimum Gasteiger partial charge on any atom is -0.337 e. The van der Waals surface area contributed by atoms with Gasteiger partial charge >= 0.3 is 0 Å². The van der Waals surface area contributed by atoms with Crippen molar-refractivity contribution in [1.29, 1.82) is 0 Å². The molecule has 1 aromatic heterocycles. The van der Waals surface area contributed by atoms with Crippen LogP contribution in [0.25, 0.3) is 0 Å². The summed E-state index contributed by atoms with van der Waals surface area (Å²) in [5.74, 6) is -0.162. The van der Waals surface area contributed by atoms with Crippen molar-refractivity contribution in [2.24, 2.45) is 0 Å². The number of nitrogens with zero attached hydrogens (tertiary/aromatic N) is 2. The fraction of sp³-hybridized carbons (Fsp3) is 0.143. The fourth-order valence-electron chi connectivity index (χ4n) is 1.75. The number of carbonyl (C=O) groups excluding carboxylic acids is 1. The van der Waals surface area contributed by atoms with E-state index in [-0.39, 0.29) is 11.1 Å². The molecule has 1 amide bonds. The Morgan fingerprint density at radius 2 is 2.00 bits per heavy atom. The minimum atomic E-state index is -0.162. The smallest absolute Gasteiger partial charge is 0.254 e. The second-order valence-corrected chi connectivity index (χ2v) is 5.41. The van der Waals surface area contributed by atoms with Crippen LogP contribution in [0.1, 0.15) is 15.9 Å². The van der Waals surface area contributed by atoms with E-state index in [1.54, 1.807) is 30.1 Å². The van der Waals surface area contributed by atoms with Gasteiger partial charge in [-0.3, -0.25) is 4.79 Å². The van der Waals surface area contributed by atoms with Crippen molar-refractivity contribution in [2.45, 2.75) is 6.54 Å². The molecule has 0 aliphatic rings. The molecule has 3 nitrogen and oxygen atoms in total. The lowest BCUT2D eigenvalue weighted by Gasteiger charge is -2.18. The van der Waals surface area contributed by atoms with Crippen molar-refractivity contribution in [1.82, 2.24) is 9.88 Å². The third-order valence-corrected chi connectivity index (χ3v) is 3.82. The number of aromatic nitrogens is 1. The molecule has 0 bridgehead atoms. The number of hydrogen-bond acceptors (Lipinski definition) is 2. The van der Waals surface area contributed by atoms with Gasteiger partial charge in [-0.25, -0.2) is 4.98 Å². The molecule has 1 heterocycles. The van der Waals surface area contributed by atoms with Crippen LogP contribution in [-0.2, 0) is 6.54 Å². The van der Waals surface area contributed by atoms with E-state index >= 15 is 0 Å². The van der Waals surface area contributed by atoms with E-state index in [2.05, 4.69) is 4.98 Å². The Balaban J connectivity index is 2.18. The second kappa shape index (κ2) is 6.44. The topological polar surface area (TPSA) is 33.2 Å². The van der Waals surface area contributed by atoms with Crippen LogP contribution < -0.4 is 0 Å². The SMILES string of the molecule is CN(Cc1cccc(Cl)c1Cl)C(=O)c1ccnc(Cl)c1. The van der Waals surface area contributed by atoms with Gasteiger partial charge in [0.15, 0.2) is 0 Å². The zero-order valence-corrected chi connectivity index (χ0v) is 12.9. The number of carbonyl (C=O) groups is 1. The Hall–Kier alpha value is -1.29. The first-order valence-corrected chi connectivity index (χ1v) is 6.92. The van der Waals surface area contributed by atoms with Crippen molar-refractivity contribution < 1.29 is 4.79 Å². The average Bonchev–Trinajstić information content (AvgIpc) is 2.43. The maximum atomic E-state index is 12.3. The van der Waals surface area contributed by atoms with Gasteiger partial charge in [0, 0.05) is 25.4 Å². The lowest BCUT2D eigenvalue weighted by Crippen LogP contribution is -2.26. The molecule has 0 N–H and O–H groups in total. The first-order valence-electron chi connectivity index (χ1n) is 5.79. The van der Waals surface area contributed by atoms with Gasteiger partial charge < -0.3 is 4.90 Å². The highest BCUT2D eigenvalue weighted by molar-refractivity contribution is 6.42. The molecule has 0 spiro atoms. The lowest BCUT2D eigenvalue weighted by molar-refractivity contribution is 0.0785. The summed E-state index contributed by atoms with van der Waals surface area (Å²) in [6.07, 6.45) is 1.50. The summed E-state index contributed by atoms with van der Waals surface area (Å²) in [5, 5.41) is 1.21. The number of hydrogen-bond donors (Lipinski definition) is 0. The van der Waals surface area contributed by atoms with Crippen molar-refractivity contribution in [2.75, 3.05) is 7.05 Å². The lowest BCUT2D eigenvalue weighted by atomic mass is 10.2. The number of halogens is 3. The van der Waals surface area contributed by atoms with Gasteiger partial charge in [0.1, 0.15) is 5.15 Å². The highest BCUT2D eigenvalue weighted by atomic mass is 35.5. The summed E-state index contributed by atoms with van der Waals surface area (Å²) < 4.78 is 0. The molecule has 0 saturated carbocycles. The maximum Gasteiger partial charge on any atom is 0.254 e. The number of benzene rings is 1. The Labute approximate surface area is 132 Å². The first-order chi connectivity index (χ1) is 9.49. The van der Waals surface area contributed by atoms with Gasteiger partial charge in [-0.05, 0) is 23.8 Å². The molecule has 0 aliphatic carbocycles. The van der Waals surface area contributed by atoms with Crippen LogP contribution >= 0.6 is 34.8 Å². The summed E-state index contributed by atoms with van der Waals surface area (Å²) in [7, 11) is 1.69. The summed E-state index contributed by atoms with van der Waals surface area (Å²) in [5.41, 5.74) is 1.26. The van der Waals surface area contributed by atoms with Crippen LogP contribution in [0.2, 0.25) is 15.2 Å². The number of rotatable bonds is 3. The molecule has 0 unspecified atom stereocenters. The van der Waals surface area contributed by atoms with E-state index in [0.29, 0.717) is 22.2 Å². The molecule has 0 radical (unpaired) electrons. The number of amides is 1. The van der Waals surface area contributed by atoms with Crippen molar-refractivity contribution >= 4 is 40.7 Å². The fourth-order valence-corrected chi connectivity index (χ4v) is 2.31. The van der Waals surface area contributed by atoms with Crippen LogP contribution in [0.15, 0.2) is 36.5 Å². The monoisotopic (exact) mass is 328 g/mol. The van der Waals surface area contributed by atoms with E-state index in [1.165, 1.54) is 12.3 Å². The van der Waals surface area contributed by atoms with Crippen molar-refractivity contribution in [3.63, 3.8) is 0 Å². The summed E-state index contributed by atoms with van der Waals surface area (Å²) in [6, 6.07) is 8.48. The molecule has 20 heavy (non-hydrogen) atoms. The summed E-state index contributed by atoms with van der Waals surface area (Å²) >= 11 is 17.8. The van der Waals surface area contributed by atoms with Crippen LogP contribution in [0.4, 0.5) is 0 Å². The molecule has 1 aromatic carbocycles. The number of pyridine rings is 1. The van der Waals surface area contributed by atoms with Crippen molar-refractivity contribution in [3.8, 4) is 0 Å². The second-order valence-electron chi connectivity index (χ2n) is 4.24. The van der Waals surface area contributed by atoms with Gasteiger partial charge in [-0.15, -0.1) is 0 Å². The zero-order valence-electron chi connectivity index (χ0n) is 10.6. The van der Waals surface area contributed by atoms with E-state index < -0.39 is 0 Å². The highest BCUT2D eigenvalue weighted by Gasteiger charge is 2.14. The van der Waals surface area contributed by atoms with E-state index in [0.717, 1.165) is 5.56 Å². The van der Waals surface area contributed by atoms with Crippen molar-refractivity contribution in [3.05, 3.63) is 62.9 Å². The molecule has 0 aliphatic heterocycles. The average molecular weight is 330 g/mol. The predicted octanol–water partition coefficient (Wildman–Crippen LogP) is 4.31. The molecule has 0 saturated heterocycles. The van der Waals surface area contributed by atoms with Gasteiger partial charge in [0.05, 0.1) is 10.0 Å². The van der Waals surface area contributed by atoms with Gasteiger partial charge in [-0.2, -0.15) is 0 Å². The molecule has 2 aromatic rings. The predicted molar refractivity (Wildman–Crippen MR) is 81.5 cm³/mol. The van der Waals surface area contributed by atoms with E-state index in [1.807, 2.05) is 6.07 Å². The van der Waals surface area contributed by atoms with Gasteiger partial charge in [-0.1, -0.05) is 46.9 Å². The molecular formula is C14H11Cl3N2O. The van der Waals surface area contributed by atoms with Crippen LogP contribution in [0.5, 0.6) is 0 Å². The molecule has 104 valence electrons. The Morgan fingerprint density at radius 1 is 1.25 bits per heavy atom. The Morgan fingerprint density at radius 3 is 2.70 bits per heavy atom. The third-order valence-electron chi connectivity index (χ3n) is 2.76. The third kappa shape index (κ3) is 3.42. The van der Waals surface area contributed by atoms with E-state index in [4.69, 9.17) is 34.8 Å². The van der Waals surface area contributed by atoms with Gasteiger partial charge in [0.2, 0.25) is 0 Å². The minimum absolute atomic E-state index is 0.162. The van der Waals surface area contributed by atoms with Gasteiger partial charge in [0.25, 0.3) is 5.91 Å². The zero-order chi connectivity index (χ0) is 14.7. The molecule has 0 atom stereocenters. The molecule has 2 rings (SSSR count). The summed E-state index contributed by atoms with van der Waals surface area (Å²) in [6.45, 7) is 0.359. The highest BCUT2D eigenvalue weighted by Crippen LogP contribution is 2.26. The Kier molecular flexibility index (Phi) is 4.86. The maximum absolute atomic E-state index is 12.3. The molecular weight excluding hydrogens is 319 g/mol. The van der Waals surface area contributed by atoms with Crippen LogP contribution in [0.3, 0.4) is 0 Å². The molecule has 0 fully saturated rings. The normalized spacial score (nSPS) is 10.4. The first kappa shape index (κ1) is 15.1. The summed E-state index contributed by atoms with van der Waals surface area (Å²) in [4.78, 5) is 17.7. The standard InChI is InChI=1S/C14H11Cl3N2O/c1-19(8-10-3-2-4-11(15)13(10)17)14(20)9-5-6-18-12(16)7-9/h2-7H,8H2,1H3.